The van der Waals surface area contributed by atoms with Gasteiger partial charge in [0.05, 0.1) is 12.8 Å². The van der Waals surface area contributed by atoms with E-state index < -0.39 is 17.7 Å². The number of methoxy groups -OCH3 is 1. The van der Waals surface area contributed by atoms with Crippen LogP contribution < -0.4 is 4.74 Å². The van der Waals surface area contributed by atoms with Crippen LogP contribution >= 0.6 is 11.8 Å². The first-order chi connectivity index (χ1) is 14.8. The van der Waals surface area contributed by atoms with Gasteiger partial charge in [-0.25, -0.2) is 14.2 Å². The third-order valence-electron chi connectivity index (χ3n) is 4.01. The van der Waals surface area contributed by atoms with Gasteiger partial charge in [-0.15, -0.1) is 11.8 Å². The lowest BCUT2D eigenvalue weighted by atomic mass is 10.1. The maximum atomic E-state index is 14.7. The minimum Gasteiger partial charge on any atom is -0.504 e. The van der Waals surface area contributed by atoms with Gasteiger partial charge in [-0.2, -0.15) is 9.98 Å². The number of rotatable bonds is 5. The Morgan fingerprint density at radius 2 is 1.97 bits per heavy atom. The molecule has 1 aromatic heterocycles. The average molecular weight is 444 g/mol. The number of halogens is 1. The van der Waals surface area contributed by atoms with Crippen LogP contribution in [0.2, 0.25) is 0 Å². The lowest BCUT2D eigenvalue weighted by molar-refractivity contribution is 0.206. The Morgan fingerprint density at radius 1 is 1.26 bits per heavy atom. The second-order valence-electron chi connectivity index (χ2n) is 6.05. The molecule has 3 rings (SSSR count). The van der Waals surface area contributed by atoms with E-state index in [1.807, 2.05) is 0 Å². The molecule has 0 spiro atoms. The van der Waals surface area contributed by atoms with Crippen molar-refractivity contribution >= 4 is 34.3 Å². The molecule has 31 heavy (non-hydrogen) atoms. The summed E-state index contributed by atoms with van der Waals surface area (Å²) in [6.45, 7) is 1.67. The van der Waals surface area contributed by atoms with Crippen LogP contribution in [0, 0.1) is 12.7 Å². The molecule has 0 aliphatic rings. The van der Waals surface area contributed by atoms with Crippen LogP contribution in [0.3, 0.4) is 0 Å². The van der Waals surface area contributed by atoms with Gasteiger partial charge in [0.2, 0.25) is 11.7 Å². The van der Waals surface area contributed by atoms with Crippen LogP contribution in [0.4, 0.5) is 14.9 Å². The zero-order valence-corrected chi connectivity index (χ0v) is 17.5. The summed E-state index contributed by atoms with van der Waals surface area (Å²) in [6.07, 6.45) is 0.139. The highest BCUT2D eigenvalue weighted by Crippen LogP contribution is 2.31. The molecule has 0 radical (unpaired) electrons. The van der Waals surface area contributed by atoms with Crippen molar-refractivity contribution < 1.29 is 28.7 Å². The standard InChI is InChI=1S/C20H17FN4O5S/c1-10-22-18(25-30-10)11-4-6-12(7-5-11)23-17(19(31-3)24-20(27)28)13-8-16(29-2)15(26)9-14(13)21/h4-9,26H,1-3H3,(H,27,28). The lowest BCUT2D eigenvalue weighted by Crippen LogP contribution is -2.16. The molecule has 0 saturated carbocycles. The number of aryl methyl sites for hydroxylation is 1. The van der Waals surface area contributed by atoms with Crippen LogP contribution in [0.25, 0.3) is 11.4 Å². The summed E-state index contributed by atoms with van der Waals surface area (Å²) in [5.74, 6) is -0.389. The number of carboxylic acid groups (broad SMARTS) is 1. The van der Waals surface area contributed by atoms with Gasteiger partial charge in [0, 0.05) is 24.1 Å². The van der Waals surface area contributed by atoms with Crippen molar-refractivity contribution in [3.05, 3.63) is 53.7 Å². The Balaban J connectivity index is 2.13. The number of aromatic nitrogens is 2. The lowest BCUT2D eigenvalue weighted by Gasteiger charge is -2.12. The largest absolute Gasteiger partial charge is 0.504 e. The number of hydrogen-bond donors (Lipinski definition) is 2. The highest BCUT2D eigenvalue weighted by Gasteiger charge is 2.20. The summed E-state index contributed by atoms with van der Waals surface area (Å²) in [4.78, 5) is 23.3. The van der Waals surface area contributed by atoms with E-state index in [2.05, 4.69) is 20.1 Å². The molecule has 2 aromatic carbocycles. The highest BCUT2D eigenvalue weighted by molar-refractivity contribution is 8.15. The average Bonchev–Trinajstić information content (AvgIpc) is 3.17. The minimum atomic E-state index is -1.45. The zero-order chi connectivity index (χ0) is 22.5. The van der Waals surface area contributed by atoms with E-state index in [0.717, 1.165) is 17.8 Å². The van der Waals surface area contributed by atoms with Gasteiger partial charge in [0.1, 0.15) is 16.6 Å². The summed E-state index contributed by atoms with van der Waals surface area (Å²) in [7, 11) is 1.31. The van der Waals surface area contributed by atoms with Crippen molar-refractivity contribution in [2.45, 2.75) is 6.92 Å². The van der Waals surface area contributed by atoms with E-state index in [1.165, 1.54) is 13.2 Å². The van der Waals surface area contributed by atoms with E-state index in [9.17, 15) is 14.3 Å². The summed E-state index contributed by atoms with van der Waals surface area (Å²) < 4.78 is 24.7. The monoisotopic (exact) mass is 444 g/mol. The summed E-state index contributed by atoms with van der Waals surface area (Å²) in [5.41, 5.74) is 0.965. The molecular weight excluding hydrogens is 427 g/mol. The first-order valence-corrected chi connectivity index (χ1v) is 9.97. The number of phenolic OH excluding ortho intramolecular Hbond substituents is 1. The number of phenols is 1. The summed E-state index contributed by atoms with van der Waals surface area (Å²) in [6, 6.07) is 8.76. The molecule has 0 bridgehead atoms. The second-order valence-corrected chi connectivity index (χ2v) is 6.85. The van der Waals surface area contributed by atoms with Gasteiger partial charge in [-0.05, 0) is 36.6 Å². The number of nitrogens with zero attached hydrogens (tertiary/aromatic N) is 4. The molecule has 0 saturated heterocycles. The van der Waals surface area contributed by atoms with Crippen LogP contribution in [0.15, 0.2) is 50.9 Å². The first kappa shape index (κ1) is 22.0. The number of amides is 1. The molecule has 1 heterocycles. The Morgan fingerprint density at radius 3 is 2.52 bits per heavy atom. The minimum absolute atomic E-state index is 0.00250. The molecule has 0 atom stereocenters. The fraction of sp³-hybridized carbons (Fsp3) is 0.150. The second kappa shape index (κ2) is 9.39. The van der Waals surface area contributed by atoms with Crippen molar-refractivity contribution in [1.29, 1.82) is 0 Å². The van der Waals surface area contributed by atoms with Crippen LogP contribution in [0.5, 0.6) is 11.5 Å². The van der Waals surface area contributed by atoms with E-state index in [-0.39, 0.29) is 22.1 Å². The van der Waals surface area contributed by atoms with Gasteiger partial charge >= 0.3 is 6.09 Å². The number of aromatic hydroxyl groups is 1. The molecule has 3 aromatic rings. The van der Waals surface area contributed by atoms with Crippen LogP contribution in [-0.4, -0.2) is 50.6 Å². The number of carbonyl (C=O) groups is 1. The summed E-state index contributed by atoms with van der Waals surface area (Å²) >= 11 is 0.986. The molecule has 1 amide bonds. The molecule has 2 N–H and O–H groups in total. The van der Waals surface area contributed by atoms with E-state index in [1.54, 1.807) is 37.4 Å². The van der Waals surface area contributed by atoms with Crippen molar-refractivity contribution in [3.63, 3.8) is 0 Å². The van der Waals surface area contributed by atoms with E-state index in [4.69, 9.17) is 14.4 Å². The van der Waals surface area contributed by atoms with E-state index in [0.29, 0.717) is 23.0 Å². The van der Waals surface area contributed by atoms with E-state index >= 15 is 0 Å². The van der Waals surface area contributed by atoms with Crippen molar-refractivity contribution in [1.82, 2.24) is 10.1 Å². The molecule has 160 valence electrons. The molecule has 0 unspecified atom stereocenters. The molecular formula is C20H17FN4O5S. The topological polar surface area (TPSA) is 130 Å². The smallest absolute Gasteiger partial charge is 0.432 e. The number of thioether (sulfide) groups is 1. The maximum absolute atomic E-state index is 14.7. The number of benzene rings is 2. The Labute approximate surface area is 180 Å². The van der Waals surface area contributed by atoms with Crippen molar-refractivity contribution in [3.8, 4) is 22.9 Å². The van der Waals surface area contributed by atoms with Gasteiger partial charge in [0.25, 0.3) is 0 Å². The Kier molecular flexibility index (Phi) is 6.65. The number of hydrogen-bond acceptors (Lipinski definition) is 8. The van der Waals surface area contributed by atoms with Gasteiger partial charge in [-0.3, -0.25) is 0 Å². The maximum Gasteiger partial charge on any atom is 0.432 e. The number of aliphatic imine (C=N–C) groups is 2. The van der Waals surface area contributed by atoms with Gasteiger partial charge in [0.15, 0.2) is 11.5 Å². The zero-order valence-electron chi connectivity index (χ0n) is 16.7. The quantitative estimate of drug-likeness (QED) is 0.436. The normalized spacial score (nSPS) is 12.1. The van der Waals surface area contributed by atoms with Crippen molar-refractivity contribution in [2.24, 2.45) is 9.98 Å². The Bertz CT molecular complexity index is 1170. The van der Waals surface area contributed by atoms with Gasteiger partial charge < -0.3 is 19.5 Å². The highest BCUT2D eigenvalue weighted by atomic mass is 32.2. The van der Waals surface area contributed by atoms with Crippen LogP contribution in [-0.2, 0) is 0 Å². The molecule has 0 fully saturated rings. The Hall–Kier alpha value is -3.73. The first-order valence-electron chi connectivity index (χ1n) is 8.74. The molecule has 0 aliphatic carbocycles. The third kappa shape index (κ3) is 5.07. The SMILES string of the molecule is COc1cc(C(=Nc2ccc(-c3noc(C)n3)cc2)C(=NC(=O)O)SC)c(F)cc1O. The molecule has 11 heteroatoms. The predicted molar refractivity (Wildman–Crippen MR) is 114 cm³/mol. The number of ether oxygens (including phenoxy) is 1. The summed E-state index contributed by atoms with van der Waals surface area (Å²) in [5, 5.41) is 22.7. The third-order valence-corrected chi connectivity index (χ3v) is 4.68. The molecule has 0 aliphatic heterocycles. The predicted octanol–water partition coefficient (Wildman–Crippen LogP) is 4.46. The van der Waals surface area contributed by atoms with Crippen LogP contribution in [0.1, 0.15) is 11.5 Å². The molecule has 9 nitrogen and oxygen atoms in total. The van der Waals surface area contributed by atoms with Crippen molar-refractivity contribution in [2.75, 3.05) is 13.4 Å². The fourth-order valence-corrected chi connectivity index (χ4v) is 3.14. The van der Waals surface area contributed by atoms with Gasteiger partial charge in [-0.1, -0.05) is 5.16 Å². The fourth-order valence-electron chi connectivity index (χ4n) is 2.62.